The first-order valence-corrected chi connectivity index (χ1v) is 14.9. The Labute approximate surface area is 265 Å². The van der Waals surface area contributed by atoms with E-state index in [1.54, 1.807) is 12.1 Å². The number of hydrogen-bond donors (Lipinski definition) is 5. The molecule has 14 heteroatoms. The number of carbonyl (C=O) groups excluding carboxylic acids is 2. The van der Waals surface area contributed by atoms with E-state index in [9.17, 15) is 34.8 Å². The molecule has 0 aromatic heterocycles. The van der Waals surface area contributed by atoms with Gasteiger partial charge < -0.3 is 54.2 Å². The summed E-state index contributed by atoms with van der Waals surface area (Å²) < 4.78 is 32.3. The second kappa shape index (κ2) is 15.6. The van der Waals surface area contributed by atoms with E-state index in [4.69, 9.17) is 28.4 Å². The lowest BCUT2D eigenvalue weighted by Crippen LogP contribution is -2.58. The molecule has 2 aromatic carbocycles. The monoisotopic (exact) mass is 647 g/mol. The van der Waals surface area contributed by atoms with E-state index in [0.29, 0.717) is 54.1 Å². The summed E-state index contributed by atoms with van der Waals surface area (Å²) in [7, 11) is 5.97. The Hall–Kier alpha value is -3.95. The topological polar surface area (TPSA) is 200 Å². The zero-order chi connectivity index (χ0) is 33.5. The highest BCUT2D eigenvalue weighted by molar-refractivity contribution is 5.84. The molecule has 6 atom stereocenters. The predicted molar refractivity (Wildman–Crippen MR) is 162 cm³/mol. The lowest BCUT2D eigenvalue weighted by Gasteiger charge is -2.37. The number of aryl methyl sites for hydroxylation is 1. The fourth-order valence-electron chi connectivity index (χ4n) is 5.75. The number of benzene rings is 1. The molecule has 4 rings (SSSR count). The molecule has 0 radical (unpaired) electrons. The van der Waals surface area contributed by atoms with Crippen LogP contribution in [-0.2, 0) is 25.5 Å². The Morgan fingerprint density at radius 1 is 0.870 bits per heavy atom. The van der Waals surface area contributed by atoms with Gasteiger partial charge in [-0.2, -0.15) is 0 Å². The molecule has 0 bridgehead atoms. The molecule has 1 saturated heterocycles. The Kier molecular flexibility index (Phi) is 11.8. The van der Waals surface area contributed by atoms with Gasteiger partial charge in [-0.3, -0.25) is 14.4 Å². The fourth-order valence-corrected chi connectivity index (χ4v) is 5.75. The standard InChI is InChI=1S/C32H41NO13/c1-41-21-12-10-17-18(14-20(21)34)19(11-9-16-13-22(42-2)30(43-3)31(44-4)26(16)17)33-24(35)7-5-6-8-25(36)45-15-23-27(37)28(38)29(39)32(40)46-23/h10,12-14,19,23,27-29,32,37-40H,5-9,11,15H2,1-4H3,(H,33,35)/t19-,23+,27+,28-,29+,32?/m0/s1. The van der Waals surface area contributed by atoms with Crippen LogP contribution in [0.15, 0.2) is 29.1 Å². The average Bonchev–Trinajstić information content (AvgIpc) is 3.30. The van der Waals surface area contributed by atoms with Crippen LogP contribution in [0.2, 0.25) is 0 Å². The first-order chi connectivity index (χ1) is 22.0. The van der Waals surface area contributed by atoms with Gasteiger partial charge in [-0.15, -0.1) is 0 Å². The van der Waals surface area contributed by atoms with E-state index in [1.165, 1.54) is 34.5 Å². The molecule has 1 unspecified atom stereocenters. The summed E-state index contributed by atoms with van der Waals surface area (Å²) in [6, 6.07) is 6.14. The van der Waals surface area contributed by atoms with Gasteiger partial charge in [-0.25, -0.2) is 0 Å². The maximum Gasteiger partial charge on any atom is 0.305 e. The SMILES string of the molecule is COc1cc2c(c(OC)c1OC)-c1ccc(OC)c(=O)cc1[C@@H](NC(=O)CCCCC(=O)OC[C@H]1OC(O)[C@H](O)[C@@H](O)[C@@H]1O)CC2. The van der Waals surface area contributed by atoms with Gasteiger partial charge in [0.2, 0.25) is 17.1 Å². The molecular weight excluding hydrogens is 606 g/mol. The van der Waals surface area contributed by atoms with E-state index in [1.807, 2.05) is 6.07 Å². The van der Waals surface area contributed by atoms with Crippen molar-refractivity contribution >= 4 is 11.9 Å². The van der Waals surface area contributed by atoms with E-state index >= 15 is 0 Å². The third-order valence-corrected chi connectivity index (χ3v) is 8.19. The van der Waals surface area contributed by atoms with E-state index in [2.05, 4.69) is 5.32 Å². The fraction of sp³-hybridized carbons (Fsp3) is 0.531. The van der Waals surface area contributed by atoms with Crippen molar-refractivity contribution in [2.75, 3.05) is 35.0 Å². The molecule has 0 saturated carbocycles. The molecule has 252 valence electrons. The minimum atomic E-state index is -1.73. The van der Waals surface area contributed by atoms with Crippen molar-refractivity contribution in [2.45, 2.75) is 75.3 Å². The molecule has 0 spiro atoms. The van der Waals surface area contributed by atoms with E-state index in [-0.39, 0.29) is 29.9 Å². The lowest BCUT2D eigenvalue weighted by molar-refractivity contribution is -0.287. The number of methoxy groups -OCH3 is 4. The molecule has 1 amide bonds. The number of fused-ring (bicyclic) bond motifs is 3. The van der Waals surface area contributed by atoms with Gasteiger partial charge in [0.15, 0.2) is 23.5 Å². The zero-order valence-corrected chi connectivity index (χ0v) is 26.2. The van der Waals surface area contributed by atoms with Gasteiger partial charge in [0.05, 0.1) is 34.5 Å². The maximum absolute atomic E-state index is 13.1. The Morgan fingerprint density at radius 3 is 2.24 bits per heavy atom. The van der Waals surface area contributed by atoms with Gasteiger partial charge in [0, 0.05) is 18.4 Å². The van der Waals surface area contributed by atoms with E-state index in [0.717, 1.165) is 11.1 Å². The van der Waals surface area contributed by atoms with Gasteiger partial charge in [-0.05, 0) is 60.6 Å². The molecule has 1 aliphatic carbocycles. The van der Waals surface area contributed by atoms with Crippen LogP contribution in [-0.4, -0.2) is 98.1 Å². The van der Waals surface area contributed by atoms with Crippen molar-refractivity contribution in [3.8, 4) is 34.1 Å². The summed E-state index contributed by atoms with van der Waals surface area (Å²) >= 11 is 0. The van der Waals surface area contributed by atoms with Crippen LogP contribution in [0.1, 0.15) is 49.3 Å². The first kappa shape index (κ1) is 34.9. The largest absolute Gasteiger partial charge is 0.493 e. The number of nitrogens with one attached hydrogen (secondary N) is 1. The van der Waals surface area contributed by atoms with Crippen molar-refractivity contribution in [3.63, 3.8) is 0 Å². The van der Waals surface area contributed by atoms with Gasteiger partial charge in [0.1, 0.15) is 31.0 Å². The van der Waals surface area contributed by atoms with Crippen molar-refractivity contribution in [3.05, 3.63) is 45.6 Å². The number of aliphatic hydroxyl groups excluding tert-OH is 4. The number of aliphatic hydroxyl groups is 4. The third kappa shape index (κ3) is 7.53. The quantitative estimate of drug-likeness (QED) is 0.160. The molecule has 5 N–H and O–H groups in total. The van der Waals surface area contributed by atoms with Crippen LogP contribution in [0.25, 0.3) is 11.1 Å². The number of rotatable bonds is 12. The van der Waals surface area contributed by atoms with Crippen LogP contribution in [0.4, 0.5) is 0 Å². The Balaban J connectivity index is 1.43. The highest BCUT2D eigenvalue weighted by Gasteiger charge is 2.43. The summed E-state index contributed by atoms with van der Waals surface area (Å²) in [4.78, 5) is 38.4. The molecule has 1 fully saturated rings. The van der Waals surface area contributed by atoms with Crippen LogP contribution in [0.3, 0.4) is 0 Å². The molecule has 2 aliphatic rings. The normalized spacial score (nSPS) is 23.7. The van der Waals surface area contributed by atoms with Crippen LogP contribution >= 0.6 is 0 Å². The molecule has 14 nitrogen and oxygen atoms in total. The summed E-state index contributed by atoms with van der Waals surface area (Å²) in [5.74, 6) is 0.562. The highest BCUT2D eigenvalue weighted by atomic mass is 16.7. The molecular formula is C32H41NO13. The predicted octanol–water partition coefficient (Wildman–Crippen LogP) is 0.755. The molecule has 46 heavy (non-hydrogen) atoms. The number of esters is 1. The Morgan fingerprint density at radius 2 is 1.57 bits per heavy atom. The minimum Gasteiger partial charge on any atom is -0.493 e. The summed E-state index contributed by atoms with van der Waals surface area (Å²) in [6.07, 6.45) is -6.07. The summed E-state index contributed by atoms with van der Waals surface area (Å²) in [6.45, 7) is -0.433. The van der Waals surface area contributed by atoms with Crippen molar-refractivity contribution in [1.29, 1.82) is 0 Å². The number of ether oxygens (including phenoxy) is 6. The molecule has 1 heterocycles. The molecule has 2 aromatic rings. The van der Waals surface area contributed by atoms with Gasteiger partial charge >= 0.3 is 5.97 Å². The van der Waals surface area contributed by atoms with E-state index < -0.39 is 49.3 Å². The van der Waals surface area contributed by atoms with Gasteiger partial charge in [0.25, 0.3) is 0 Å². The highest BCUT2D eigenvalue weighted by Crippen LogP contribution is 2.50. The number of carbonyl (C=O) groups is 2. The zero-order valence-electron chi connectivity index (χ0n) is 26.2. The summed E-state index contributed by atoms with van der Waals surface area (Å²) in [5, 5.41) is 42.0. The second-order valence-electron chi connectivity index (χ2n) is 11.0. The molecule has 1 aliphatic heterocycles. The first-order valence-electron chi connectivity index (χ1n) is 14.9. The van der Waals surface area contributed by atoms with Crippen LogP contribution in [0.5, 0.6) is 23.0 Å². The smallest absolute Gasteiger partial charge is 0.305 e. The van der Waals surface area contributed by atoms with Crippen molar-refractivity contribution in [1.82, 2.24) is 5.32 Å². The van der Waals surface area contributed by atoms with Crippen LogP contribution < -0.4 is 29.7 Å². The minimum absolute atomic E-state index is 0.0238. The lowest BCUT2D eigenvalue weighted by atomic mass is 9.95. The second-order valence-corrected chi connectivity index (χ2v) is 11.0. The summed E-state index contributed by atoms with van der Waals surface area (Å²) in [5.41, 5.74) is 2.50. The number of unbranched alkanes of at least 4 members (excludes halogenated alkanes) is 1. The number of amides is 1. The van der Waals surface area contributed by atoms with Crippen molar-refractivity contribution < 1.29 is 58.4 Å². The maximum atomic E-state index is 13.1. The Bertz CT molecular complexity index is 1460. The van der Waals surface area contributed by atoms with Crippen molar-refractivity contribution in [2.24, 2.45) is 0 Å². The average molecular weight is 648 g/mol. The van der Waals surface area contributed by atoms with Crippen LogP contribution in [0, 0.1) is 0 Å². The third-order valence-electron chi connectivity index (χ3n) is 8.19. The number of hydrogen-bond acceptors (Lipinski definition) is 13. The van der Waals surface area contributed by atoms with Gasteiger partial charge in [-0.1, -0.05) is 6.07 Å².